The molecule has 0 heterocycles. The maximum atomic E-state index is 12.4. The van der Waals surface area contributed by atoms with Crippen molar-refractivity contribution in [2.75, 3.05) is 5.32 Å². The molecule has 0 unspecified atom stereocenters. The van der Waals surface area contributed by atoms with Crippen molar-refractivity contribution in [1.29, 1.82) is 0 Å². The van der Waals surface area contributed by atoms with Crippen LogP contribution in [0.4, 0.5) is 5.69 Å². The zero-order valence-corrected chi connectivity index (χ0v) is 12.4. The van der Waals surface area contributed by atoms with Gasteiger partial charge in [-0.05, 0) is 36.5 Å². The number of fused-ring (bicyclic) bond motifs is 2. The first-order valence-electron chi connectivity index (χ1n) is 6.64. The topological polar surface area (TPSA) is 66.4 Å². The highest BCUT2D eigenvalue weighted by molar-refractivity contribution is 6.35. The number of amides is 1. The first-order chi connectivity index (χ1) is 9.95. The van der Waals surface area contributed by atoms with Gasteiger partial charge >= 0.3 is 5.97 Å². The number of benzene rings is 1. The maximum Gasteiger partial charge on any atom is 0.307 e. The lowest BCUT2D eigenvalue weighted by Crippen LogP contribution is -2.36. The normalized spacial score (nSPS) is 29.6. The molecule has 1 amide bonds. The third-order valence-corrected chi connectivity index (χ3v) is 4.61. The lowest BCUT2D eigenvalue weighted by Gasteiger charge is -2.23. The minimum absolute atomic E-state index is 0.00856. The SMILES string of the molecule is O=C(Nc1cc(Cl)cc(Cl)c1)[C@@H]1[C@H](C(=O)O)[C@H]2C=C[C@@H]1C2. The predicted molar refractivity (Wildman–Crippen MR) is 80.4 cm³/mol. The minimum Gasteiger partial charge on any atom is -0.481 e. The van der Waals surface area contributed by atoms with E-state index in [1.165, 1.54) is 0 Å². The van der Waals surface area contributed by atoms with E-state index in [9.17, 15) is 14.7 Å². The van der Waals surface area contributed by atoms with Gasteiger partial charge in [-0.2, -0.15) is 0 Å². The van der Waals surface area contributed by atoms with E-state index in [1.54, 1.807) is 18.2 Å². The van der Waals surface area contributed by atoms with E-state index in [2.05, 4.69) is 5.32 Å². The van der Waals surface area contributed by atoms with Crippen molar-refractivity contribution in [2.24, 2.45) is 23.7 Å². The van der Waals surface area contributed by atoms with Crippen molar-refractivity contribution in [3.63, 3.8) is 0 Å². The van der Waals surface area contributed by atoms with Gasteiger partial charge in [0.25, 0.3) is 0 Å². The molecule has 6 heteroatoms. The van der Waals surface area contributed by atoms with Gasteiger partial charge in [0, 0.05) is 15.7 Å². The Morgan fingerprint density at radius 1 is 1.05 bits per heavy atom. The predicted octanol–water partition coefficient (Wildman–Crippen LogP) is 3.45. The number of allylic oxidation sites excluding steroid dienone is 2. The summed E-state index contributed by atoms with van der Waals surface area (Å²) in [6, 6.07) is 4.74. The van der Waals surface area contributed by atoms with Crippen molar-refractivity contribution in [3.8, 4) is 0 Å². The molecule has 0 radical (unpaired) electrons. The number of aliphatic carboxylic acids is 1. The van der Waals surface area contributed by atoms with Gasteiger partial charge in [-0.25, -0.2) is 0 Å². The van der Waals surface area contributed by atoms with E-state index >= 15 is 0 Å². The number of nitrogens with one attached hydrogen (secondary N) is 1. The van der Waals surface area contributed by atoms with Gasteiger partial charge in [-0.1, -0.05) is 35.4 Å². The third kappa shape index (κ3) is 2.65. The Morgan fingerprint density at radius 3 is 2.19 bits per heavy atom. The van der Waals surface area contributed by atoms with E-state index in [4.69, 9.17) is 23.2 Å². The van der Waals surface area contributed by atoms with Crippen molar-refractivity contribution in [1.82, 2.24) is 0 Å². The van der Waals surface area contributed by atoms with Crippen LogP contribution in [0.3, 0.4) is 0 Å². The Kier molecular flexibility index (Phi) is 3.68. The molecule has 1 aromatic carbocycles. The van der Waals surface area contributed by atoms with Crippen LogP contribution in [0.15, 0.2) is 30.4 Å². The largest absolute Gasteiger partial charge is 0.481 e. The smallest absolute Gasteiger partial charge is 0.307 e. The molecule has 2 aliphatic carbocycles. The first kappa shape index (κ1) is 14.4. The standard InChI is InChI=1S/C15H13Cl2NO3/c16-9-4-10(17)6-11(5-9)18-14(19)12-7-1-2-8(3-7)13(12)15(20)21/h1-2,4-8,12-13H,3H2,(H,18,19)(H,20,21)/t7-,8+,12+,13-/m1/s1. The maximum absolute atomic E-state index is 12.4. The molecule has 4 atom stereocenters. The number of carbonyl (C=O) groups is 2. The Labute approximate surface area is 131 Å². The summed E-state index contributed by atoms with van der Waals surface area (Å²) in [5.74, 6) is -2.48. The summed E-state index contributed by atoms with van der Waals surface area (Å²) in [5, 5.41) is 12.9. The lowest BCUT2D eigenvalue weighted by molar-refractivity contribution is -0.146. The molecule has 0 aliphatic heterocycles. The van der Waals surface area contributed by atoms with E-state index in [1.807, 2.05) is 12.2 Å². The number of halogens is 2. The van der Waals surface area contributed by atoms with Crippen molar-refractivity contribution in [2.45, 2.75) is 6.42 Å². The summed E-state index contributed by atoms with van der Waals surface area (Å²) in [6.07, 6.45) is 4.58. The fourth-order valence-electron chi connectivity index (χ4n) is 3.37. The molecule has 1 saturated carbocycles. The highest BCUT2D eigenvalue weighted by atomic mass is 35.5. The van der Waals surface area contributed by atoms with E-state index < -0.39 is 17.8 Å². The number of carboxylic acid groups (broad SMARTS) is 1. The van der Waals surface area contributed by atoms with Crippen molar-refractivity contribution < 1.29 is 14.7 Å². The number of carbonyl (C=O) groups excluding carboxylic acids is 1. The fraction of sp³-hybridized carbons (Fsp3) is 0.333. The number of hydrogen-bond donors (Lipinski definition) is 2. The highest BCUT2D eigenvalue weighted by Crippen LogP contribution is 2.48. The summed E-state index contributed by atoms with van der Waals surface area (Å²) in [4.78, 5) is 23.9. The summed E-state index contributed by atoms with van der Waals surface area (Å²) in [6.45, 7) is 0. The van der Waals surface area contributed by atoms with Crippen molar-refractivity contribution >= 4 is 40.8 Å². The molecule has 1 aromatic rings. The molecule has 1 fully saturated rings. The molecule has 3 rings (SSSR count). The van der Waals surface area contributed by atoms with Crippen molar-refractivity contribution in [3.05, 3.63) is 40.4 Å². The lowest BCUT2D eigenvalue weighted by atomic mass is 9.82. The molecule has 0 aromatic heterocycles. The Hall–Kier alpha value is -1.52. The van der Waals surface area contributed by atoms with Crippen LogP contribution in [0.2, 0.25) is 10.0 Å². The summed E-state index contributed by atoms with van der Waals surface area (Å²) in [5.41, 5.74) is 0.480. The molecule has 0 spiro atoms. The average molecular weight is 326 g/mol. The van der Waals surface area contributed by atoms with Crippen LogP contribution in [0.25, 0.3) is 0 Å². The van der Waals surface area contributed by atoms with Crippen LogP contribution in [0.1, 0.15) is 6.42 Å². The van der Waals surface area contributed by atoms with Crippen LogP contribution >= 0.6 is 23.2 Å². The second kappa shape index (κ2) is 5.35. The Morgan fingerprint density at radius 2 is 1.62 bits per heavy atom. The third-order valence-electron chi connectivity index (χ3n) is 4.18. The molecule has 2 bridgehead atoms. The second-order valence-corrected chi connectivity index (χ2v) is 6.36. The van der Waals surface area contributed by atoms with E-state index in [-0.39, 0.29) is 17.7 Å². The molecule has 2 aliphatic rings. The first-order valence-corrected chi connectivity index (χ1v) is 7.39. The fourth-order valence-corrected chi connectivity index (χ4v) is 3.89. The van der Waals surface area contributed by atoms with Gasteiger partial charge in [0.05, 0.1) is 11.8 Å². The molecule has 0 saturated heterocycles. The minimum atomic E-state index is -0.920. The van der Waals surface area contributed by atoms with E-state index in [0.29, 0.717) is 15.7 Å². The van der Waals surface area contributed by atoms with Crippen LogP contribution in [0, 0.1) is 23.7 Å². The van der Waals surface area contributed by atoms with Gasteiger partial charge in [-0.3, -0.25) is 9.59 Å². The van der Waals surface area contributed by atoms with Crippen LogP contribution in [-0.2, 0) is 9.59 Å². The molecule has 2 N–H and O–H groups in total. The quantitative estimate of drug-likeness (QED) is 0.836. The molecular weight excluding hydrogens is 313 g/mol. The summed E-state index contributed by atoms with van der Waals surface area (Å²) in [7, 11) is 0. The highest BCUT2D eigenvalue weighted by Gasteiger charge is 2.51. The van der Waals surface area contributed by atoms with Crippen LogP contribution in [0.5, 0.6) is 0 Å². The Bertz CT molecular complexity index is 624. The van der Waals surface area contributed by atoms with Crippen LogP contribution in [-0.4, -0.2) is 17.0 Å². The molecule has 110 valence electrons. The van der Waals surface area contributed by atoms with Gasteiger partial charge in [0.1, 0.15) is 0 Å². The number of hydrogen-bond acceptors (Lipinski definition) is 2. The van der Waals surface area contributed by atoms with Gasteiger partial charge in [0.2, 0.25) is 5.91 Å². The Balaban J connectivity index is 1.82. The second-order valence-electron chi connectivity index (χ2n) is 5.49. The zero-order valence-electron chi connectivity index (χ0n) is 10.9. The monoisotopic (exact) mass is 325 g/mol. The van der Waals surface area contributed by atoms with Crippen LogP contribution < -0.4 is 5.32 Å². The molecular formula is C15H13Cl2NO3. The molecule has 4 nitrogen and oxygen atoms in total. The molecule has 21 heavy (non-hydrogen) atoms. The zero-order chi connectivity index (χ0) is 15.1. The average Bonchev–Trinajstić information content (AvgIpc) is 2.96. The van der Waals surface area contributed by atoms with Gasteiger partial charge in [-0.15, -0.1) is 0 Å². The number of carboxylic acids is 1. The number of anilines is 1. The van der Waals surface area contributed by atoms with E-state index in [0.717, 1.165) is 6.42 Å². The van der Waals surface area contributed by atoms with Gasteiger partial charge in [0.15, 0.2) is 0 Å². The number of rotatable bonds is 3. The summed E-state index contributed by atoms with van der Waals surface area (Å²) >= 11 is 11.8. The van der Waals surface area contributed by atoms with Gasteiger partial charge < -0.3 is 10.4 Å². The summed E-state index contributed by atoms with van der Waals surface area (Å²) < 4.78 is 0.